The van der Waals surface area contributed by atoms with Crippen molar-refractivity contribution in [1.82, 2.24) is 4.98 Å². The molecule has 0 saturated carbocycles. The first kappa shape index (κ1) is 17.5. The Kier molecular flexibility index (Phi) is 5.55. The molecule has 5 nitrogen and oxygen atoms in total. The second-order valence-electron chi connectivity index (χ2n) is 5.27. The topological polar surface area (TPSA) is 86.0 Å². The van der Waals surface area contributed by atoms with Crippen LogP contribution in [0.5, 0.6) is 0 Å². The maximum atomic E-state index is 13.9. The smallest absolute Gasteiger partial charge is 0.274 e. The molecule has 0 saturated heterocycles. The second kappa shape index (κ2) is 7.62. The van der Waals surface area contributed by atoms with E-state index in [2.05, 4.69) is 10.3 Å². The van der Waals surface area contributed by atoms with Crippen LogP contribution in [0.1, 0.15) is 40.9 Å². The molecule has 0 aliphatic carbocycles. The number of aromatic nitrogens is 1. The quantitative estimate of drug-likeness (QED) is 0.882. The molecule has 0 fully saturated rings. The molecular formula is C17H15F2N3O2. The summed E-state index contributed by atoms with van der Waals surface area (Å²) in [4.78, 5) is 15.9. The van der Waals surface area contributed by atoms with Crippen LogP contribution >= 0.6 is 0 Å². The van der Waals surface area contributed by atoms with Crippen LogP contribution in [0.25, 0.3) is 0 Å². The third-order valence-corrected chi connectivity index (χ3v) is 3.53. The van der Waals surface area contributed by atoms with E-state index in [1.54, 1.807) is 6.92 Å². The standard InChI is InChI=1S/C17H15F2N3O2/c1-10(4-5-23)13-6-12(7-14(18)16(13)19)22-17(24)15-3-2-11(8-20)9-21-15/h2-3,6-7,9-10,23H,4-5H2,1H3,(H,22,24)/t10-/m1/s1. The Hall–Kier alpha value is -2.85. The largest absolute Gasteiger partial charge is 0.396 e. The number of pyridine rings is 1. The van der Waals surface area contributed by atoms with Crippen molar-refractivity contribution in [3.63, 3.8) is 0 Å². The number of nitrogens with one attached hydrogen (secondary N) is 1. The first-order valence-electron chi connectivity index (χ1n) is 7.23. The molecule has 1 amide bonds. The second-order valence-corrected chi connectivity index (χ2v) is 5.27. The summed E-state index contributed by atoms with van der Waals surface area (Å²) in [6.45, 7) is 1.50. The van der Waals surface area contributed by atoms with Gasteiger partial charge in [-0.15, -0.1) is 0 Å². The zero-order chi connectivity index (χ0) is 17.7. The highest BCUT2D eigenvalue weighted by atomic mass is 19.2. The Morgan fingerprint density at radius 1 is 1.42 bits per heavy atom. The molecule has 124 valence electrons. The highest BCUT2D eigenvalue weighted by Gasteiger charge is 2.17. The van der Waals surface area contributed by atoms with Crippen LogP contribution in [-0.4, -0.2) is 22.6 Å². The van der Waals surface area contributed by atoms with E-state index in [0.717, 1.165) is 6.07 Å². The van der Waals surface area contributed by atoms with Crippen molar-refractivity contribution in [3.8, 4) is 6.07 Å². The van der Waals surface area contributed by atoms with Crippen LogP contribution in [0, 0.1) is 23.0 Å². The van der Waals surface area contributed by atoms with Gasteiger partial charge in [0.05, 0.1) is 5.56 Å². The van der Waals surface area contributed by atoms with E-state index in [4.69, 9.17) is 10.4 Å². The van der Waals surface area contributed by atoms with Gasteiger partial charge in [0.15, 0.2) is 11.6 Å². The molecule has 2 rings (SSSR count). The minimum atomic E-state index is -1.08. The maximum Gasteiger partial charge on any atom is 0.274 e. The van der Waals surface area contributed by atoms with Crippen LogP contribution in [-0.2, 0) is 0 Å². The molecule has 0 spiro atoms. The lowest BCUT2D eigenvalue weighted by molar-refractivity contribution is 0.102. The van der Waals surface area contributed by atoms with Gasteiger partial charge in [0.25, 0.3) is 5.91 Å². The number of amides is 1. The minimum absolute atomic E-state index is 0.0451. The highest BCUT2D eigenvalue weighted by molar-refractivity contribution is 6.02. The molecule has 1 aromatic carbocycles. The van der Waals surface area contributed by atoms with Gasteiger partial charge in [-0.3, -0.25) is 4.79 Å². The molecule has 2 N–H and O–H groups in total. The first-order valence-corrected chi connectivity index (χ1v) is 7.23. The van der Waals surface area contributed by atoms with Crippen LogP contribution in [0.4, 0.5) is 14.5 Å². The van der Waals surface area contributed by atoms with Crippen LogP contribution < -0.4 is 5.32 Å². The number of rotatable bonds is 5. The molecule has 0 aliphatic heterocycles. The van der Waals surface area contributed by atoms with E-state index in [1.807, 2.05) is 6.07 Å². The molecular weight excluding hydrogens is 316 g/mol. The van der Waals surface area contributed by atoms with Crippen molar-refractivity contribution >= 4 is 11.6 Å². The number of carbonyl (C=O) groups is 1. The molecule has 2 aromatic rings. The third kappa shape index (κ3) is 3.91. The van der Waals surface area contributed by atoms with Gasteiger partial charge in [-0.2, -0.15) is 5.26 Å². The monoisotopic (exact) mass is 331 g/mol. The van der Waals surface area contributed by atoms with E-state index in [1.165, 1.54) is 24.4 Å². The lowest BCUT2D eigenvalue weighted by Crippen LogP contribution is -2.15. The zero-order valence-electron chi connectivity index (χ0n) is 12.9. The molecule has 24 heavy (non-hydrogen) atoms. The van der Waals surface area contributed by atoms with Crippen LogP contribution in [0.2, 0.25) is 0 Å². The molecule has 1 atom stereocenters. The number of hydrogen-bond acceptors (Lipinski definition) is 4. The van der Waals surface area contributed by atoms with Gasteiger partial charge in [-0.1, -0.05) is 6.92 Å². The summed E-state index contributed by atoms with van der Waals surface area (Å²) >= 11 is 0. The lowest BCUT2D eigenvalue weighted by Gasteiger charge is -2.14. The van der Waals surface area contributed by atoms with Gasteiger partial charge in [-0.05, 0) is 36.1 Å². The van der Waals surface area contributed by atoms with Crippen molar-refractivity contribution < 1.29 is 18.7 Å². The SMILES string of the molecule is C[C@H](CCO)c1cc(NC(=O)c2ccc(C#N)cn2)cc(F)c1F. The first-order chi connectivity index (χ1) is 11.5. The van der Waals surface area contributed by atoms with Crippen molar-refractivity contribution in [2.45, 2.75) is 19.3 Å². The van der Waals surface area contributed by atoms with Crippen molar-refractivity contribution in [2.24, 2.45) is 0 Å². The average Bonchev–Trinajstić information content (AvgIpc) is 2.58. The molecule has 0 bridgehead atoms. The van der Waals surface area contributed by atoms with Gasteiger partial charge >= 0.3 is 0 Å². The highest BCUT2D eigenvalue weighted by Crippen LogP contribution is 2.27. The Bertz CT molecular complexity index is 786. The summed E-state index contributed by atoms with van der Waals surface area (Å²) in [5.74, 6) is -3.09. The Labute approximate surface area is 137 Å². The van der Waals surface area contributed by atoms with Crippen molar-refractivity contribution in [2.75, 3.05) is 11.9 Å². The van der Waals surface area contributed by atoms with E-state index < -0.39 is 23.5 Å². The summed E-state index contributed by atoms with van der Waals surface area (Å²) in [6, 6.07) is 6.89. The van der Waals surface area contributed by atoms with Gasteiger partial charge < -0.3 is 10.4 Å². The zero-order valence-corrected chi connectivity index (χ0v) is 12.9. The molecule has 0 aliphatic rings. The van der Waals surface area contributed by atoms with Crippen molar-refractivity contribution in [1.29, 1.82) is 5.26 Å². The van der Waals surface area contributed by atoms with Crippen LogP contribution in [0.15, 0.2) is 30.5 Å². The molecule has 0 unspecified atom stereocenters. The number of nitrogens with zero attached hydrogens (tertiary/aromatic N) is 2. The van der Waals surface area contributed by atoms with Gasteiger partial charge in [0, 0.05) is 24.6 Å². The Morgan fingerprint density at radius 2 is 2.17 bits per heavy atom. The normalized spacial score (nSPS) is 11.6. The van der Waals surface area contributed by atoms with Gasteiger partial charge in [0.1, 0.15) is 11.8 Å². The number of benzene rings is 1. The fourth-order valence-corrected chi connectivity index (χ4v) is 2.18. The third-order valence-electron chi connectivity index (χ3n) is 3.53. The maximum absolute atomic E-state index is 13.9. The number of anilines is 1. The molecule has 7 heteroatoms. The summed E-state index contributed by atoms with van der Waals surface area (Å²) in [5.41, 5.74) is 0.514. The van der Waals surface area contributed by atoms with Crippen molar-refractivity contribution in [3.05, 3.63) is 58.9 Å². The average molecular weight is 331 g/mol. The van der Waals surface area contributed by atoms with E-state index >= 15 is 0 Å². The number of hydrogen-bond donors (Lipinski definition) is 2. The van der Waals surface area contributed by atoms with Gasteiger partial charge in [-0.25, -0.2) is 13.8 Å². The van der Waals surface area contributed by atoms with E-state index in [0.29, 0.717) is 5.56 Å². The van der Waals surface area contributed by atoms with E-state index in [-0.39, 0.29) is 30.0 Å². The predicted octanol–water partition coefficient (Wildman–Crippen LogP) is 2.97. The number of carbonyl (C=O) groups excluding carboxylic acids is 1. The summed E-state index contributed by atoms with van der Waals surface area (Å²) in [5, 5.41) is 20.1. The lowest BCUT2D eigenvalue weighted by atomic mass is 9.97. The van der Waals surface area contributed by atoms with E-state index in [9.17, 15) is 13.6 Å². The molecule has 1 heterocycles. The molecule has 0 radical (unpaired) electrons. The number of nitriles is 1. The summed E-state index contributed by atoms with van der Waals surface area (Å²) in [6.07, 6.45) is 1.51. The summed E-state index contributed by atoms with van der Waals surface area (Å²) < 4.78 is 27.6. The molecule has 1 aromatic heterocycles. The van der Waals surface area contributed by atoms with Gasteiger partial charge in [0.2, 0.25) is 0 Å². The number of aliphatic hydroxyl groups is 1. The fraction of sp³-hybridized carbons (Fsp3) is 0.235. The number of halogens is 2. The minimum Gasteiger partial charge on any atom is -0.396 e. The number of aliphatic hydroxyl groups excluding tert-OH is 1. The van der Waals surface area contributed by atoms with Crippen LogP contribution in [0.3, 0.4) is 0 Å². The Morgan fingerprint density at radius 3 is 2.75 bits per heavy atom. The predicted molar refractivity (Wildman–Crippen MR) is 83.4 cm³/mol. The fourth-order valence-electron chi connectivity index (χ4n) is 2.18. The summed E-state index contributed by atoms with van der Waals surface area (Å²) in [7, 11) is 0. The Balaban J connectivity index is 2.25.